The Labute approximate surface area is 96.1 Å². The Morgan fingerprint density at radius 3 is 2.38 bits per heavy atom. The fourth-order valence-electron chi connectivity index (χ4n) is 1.61. The summed E-state index contributed by atoms with van der Waals surface area (Å²) < 4.78 is 5.57. The van der Waals surface area contributed by atoms with Crippen LogP contribution in [0.4, 0.5) is 0 Å². The van der Waals surface area contributed by atoms with Gasteiger partial charge in [0, 0.05) is 5.92 Å². The Balaban J connectivity index is 2.51. The standard InChI is InChI=1S/C13H18O3/c1-9-4-10(2)6-12(5-9)16-8-11(3)7-13(14)15/h4-6,11H,7-8H2,1-3H3,(H,14,15). The smallest absolute Gasteiger partial charge is 0.303 e. The Morgan fingerprint density at radius 2 is 1.88 bits per heavy atom. The lowest BCUT2D eigenvalue weighted by molar-refractivity contribution is -0.138. The van der Waals surface area contributed by atoms with Crippen LogP contribution in [-0.2, 0) is 4.79 Å². The highest BCUT2D eigenvalue weighted by Gasteiger charge is 2.08. The number of hydrogen-bond acceptors (Lipinski definition) is 2. The van der Waals surface area contributed by atoms with Crippen molar-refractivity contribution in [2.75, 3.05) is 6.61 Å². The van der Waals surface area contributed by atoms with Crippen LogP contribution in [-0.4, -0.2) is 17.7 Å². The molecule has 1 aromatic rings. The van der Waals surface area contributed by atoms with Crippen LogP contribution in [0.15, 0.2) is 18.2 Å². The average molecular weight is 222 g/mol. The summed E-state index contributed by atoms with van der Waals surface area (Å²) in [4.78, 5) is 10.5. The molecule has 0 saturated carbocycles. The summed E-state index contributed by atoms with van der Waals surface area (Å²) in [5, 5.41) is 8.61. The van der Waals surface area contributed by atoms with E-state index in [9.17, 15) is 4.79 Å². The maximum Gasteiger partial charge on any atom is 0.303 e. The molecule has 0 aliphatic carbocycles. The van der Waals surface area contributed by atoms with Gasteiger partial charge in [0.2, 0.25) is 0 Å². The highest BCUT2D eigenvalue weighted by molar-refractivity contribution is 5.66. The number of aliphatic carboxylic acids is 1. The normalized spacial score (nSPS) is 12.2. The Hall–Kier alpha value is -1.51. The van der Waals surface area contributed by atoms with E-state index in [0.29, 0.717) is 6.61 Å². The molecular formula is C13H18O3. The first kappa shape index (κ1) is 12.6. The summed E-state index contributed by atoms with van der Waals surface area (Å²) in [5.74, 6) is 0.0598. The first-order valence-electron chi connectivity index (χ1n) is 5.40. The van der Waals surface area contributed by atoms with Crippen molar-refractivity contribution in [1.29, 1.82) is 0 Å². The van der Waals surface area contributed by atoms with E-state index in [1.165, 1.54) is 0 Å². The fraction of sp³-hybridized carbons (Fsp3) is 0.462. The molecular weight excluding hydrogens is 204 g/mol. The van der Waals surface area contributed by atoms with Crippen LogP contribution in [0.25, 0.3) is 0 Å². The zero-order chi connectivity index (χ0) is 12.1. The molecule has 88 valence electrons. The number of ether oxygens (including phenoxy) is 1. The fourth-order valence-corrected chi connectivity index (χ4v) is 1.61. The molecule has 0 amide bonds. The van der Waals surface area contributed by atoms with E-state index in [1.807, 2.05) is 32.9 Å². The Kier molecular flexibility index (Phi) is 4.35. The van der Waals surface area contributed by atoms with Crippen LogP contribution < -0.4 is 4.74 Å². The summed E-state index contributed by atoms with van der Waals surface area (Å²) in [6, 6.07) is 5.99. The summed E-state index contributed by atoms with van der Waals surface area (Å²) in [6.45, 7) is 6.34. The third-order valence-corrected chi connectivity index (χ3v) is 2.25. The molecule has 3 heteroatoms. The van der Waals surface area contributed by atoms with Crippen LogP contribution in [0.5, 0.6) is 5.75 Å². The molecule has 0 fully saturated rings. The quantitative estimate of drug-likeness (QED) is 0.833. The van der Waals surface area contributed by atoms with Gasteiger partial charge in [-0.3, -0.25) is 4.79 Å². The van der Waals surface area contributed by atoms with Gasteiger partial charge in [-0.05, 0) is 37.1 Å². The van der Waals surface area contributed by atoms with Gasteiger partial charge in [-0.2, -0.15) is 0 Å². The summed E-state index contributed by atoms with van der Waals surface area (Å²) in [6.07, 6.45) is 0.144. The van der Waals surface area contributed by atoms with Crippen molar-refractivity contribution in [1.82, 2.24) is 0 Å². The van der Waals surface area contributed by atoms with E-state index in [0.717, 1.165) is 16.9 Å². The minimum atomic E-state index is -0.781. The second-order valence-electron chi connectivity index (χ2n) is 4.34. The molecule has 16 heavy (non-hydrogen) atoms. The molecule has 0 aliphatic heterocycles. The van der Waals surface area contributed by atoms with Crippen LogP contribution in [0.1, 0.15) is 24.5 Å². The van der Waals surface area contributed by atoms with Crippen LogP contribution >= 0.6 is 0 Å². The number of carboxylic acid groups (broad SMARTS) is 1. The first-order valence-corrected chi connectivity index (χ1v) is 5.40. The monoisotopic (exact) mass is 222 g/mol. The van der Waals surface area contributed by atoms with Crippen molar-refractivity contribution in [3.05, 3.63) is 29.3 Å². The van der Waals surface area contributed by atoms with Crippen LogP contribution in [0.3, 0.4) is 0 Å². The van der Waals surface area contributed by atoms with Gasteiger partial charge in [0.1, 0.15) is 5.75 Å². The number of hydrogen-bond donors (Lipinski definition) is 1. The minimum absolute atomic E-state index is 0.0262. The number of carboxylic acids is 1. The van der Waals surface area contributed by atoms with E-state index in [4.69, 9.17) is 9.84 Å². The molecule has 0 radical (unpaired) electrons. The van der Waals surface area contributed by atoms with Crippen molar-refractivity contribution < 1.29 is 14.6 Å². The predicted molar refractivity (Wildman–Crippen MR) is 62.8 cm³/mol. The minimum Gasteiger partial charge on any atom is -0.493 e. The highest BCUT2D eigenvalue weighted by atomic mass is 16.5. The van der Waals surface area contributed by atoms with Gasteiger partial charge in [-0.1, -0.05) is 13.0 Å². The van der Waals surface area contributed by atoms with E-state index >= 15 is 0 Å². The van der Waals surface area contributed by atoms with Crippen molar-refractivity contribution in [2.24, 2.45) is 5.92 Å². The third kappa shape index (κ3) is 4.34. The summed E-state index contributed by atoms with van der Waals surface area (Å²) in [7, 11) is 0. The maximum absolute atomic E-state index is 10.5. The number of carbonyl (C=O) groups is 1. The van der Waals surface area contributed by atoms with Gasteiger partial charge < -0.3 is 9.84 Å². The molecule has 0 aliphatic rings. The zero-order valence-corrected chi connectivity index (χ0v) is 9.99. The van der Waals surface area contributed by atoms with E-state index < -0.39 is 5.97 Å². The molecule has 1 atom stereocenters. The Bertz CT molecular complexity index is 351. The number of rotatable bonds is 5. The molecule has 0 aromatic heterocycles. The summed E-state index contributed by atoms with van der Waals surface area (Å²) >= 11 is 0. The molecule has 0 heterocycles. The van der Waals surface area contributed by atoms with Gasteiger partial charge in [-0.15, -0.1) is 0 Å². The van der Waals surface area contributed by atoms with Crippen LogP contribution in [0.2, 0.25) is 0 Å². The topological polar surface area (TPSA) is 46.5 Å². The molecule has 3 nitrogen and oxygen atoms in total. The van der Waals surface area contributed by atoms with Gasteiger partial charge in [-0.25, -0.2) is 0 Å². The van der Waals surface area contributed by atoms with Gasteiger partial charge in [0.05, 0.1) is 13.0 Å². The highest BCUT2D eigenvalue weighted by Crippen LogP contribution is 2.17. The van der Waals surface area contributed by atoms with Gasteiger partial charge >= 0.3 is 5.97 Å². The van der Waals surface area contributed by atoms with Gasteiger partial charge in [0.15, 0.2) is 0 Å². The van der Waals surface area contributed by atoms with Crippen molar-refractivity contribution in [3.8, 4) is 5.75 Å². The lowest BCUT2D eigenvalue weighted by atomic mass is 10.1. The molecule has 0 spiro atoms. The second-order valence-corrected chi connectivity index (χ2v) is 4.34. The predicted octanol–water partition coefficient (Wildman–Crippen LogP) is 2.79. The maximum atomic E-state index is 10.5. The zero-order valence-electron chi connectivity index (χ0n) is 9.99. The SMILES string of the molecule is Cc1cc(C)cc(OCC(C)CC(=O)O)c1. The molecule has 1 rings (SSSR count). The van der Waals surface area contributed by atoms with E-state index in [-0.39, 0.29) is 12.3 Å². The second kappa shape index (κ2) is 5.54. The largest absolute Gasteiger partial charge is 0.493 e. The third-order valence-electron chi connectivity index (χ3n) is 2.25. The number of benzene rings is 1. The molecule has 0 bridgehead atoms. The van der Waals surface area contributed by atoms with Crippen molar-refractivity contribution in [2.45, 2.75) is 27.2 Å². The molecule has 1 aromatic carbocycles. The molecule has 0 saturated heterocycles. The van der Waals surface area contributed by atoms with Crippen molar-refractivity contribution in [3.63, 3.8) is 0 Å². The average Bonchev–Trinajstić information content (AvgIpc) is 2.12. The van der Waals surface area contributed by atoms with Gasteiger partial charge in [0.25, 0.3) is 0 Å². The Morgan fingerprint density at radius 1 is 1.31 bits per heavy atom. The lowest BCUT2D eigenvalue weighted by Crippen LogP contribution is -2.13. The molecule has 1 unspecified atom stereocenters. The van der Waals surface area contributed by atoms with Crippen molar-refractivity contribution >= 4 is 5.97 Å². The lowest BCUT2D eigenvalue weighted by Gasteiger charge is -2.12. The number of aryl methyl sites for hydroxylation is 2. The molecule has 1 N–H and O–H groups in total. The van der Waals surface area contributed by atoms with E-state index in [2.05, 4.69) is 6.07 Å². The first-order chi connectivity index (χ1) is 7.47. The van der Waals surface area contributed by atoms with E-state index in [1.54, 1.807) is 0 Å². The summed E-state index contributed by atoms with van der Waals surface area (Å²) in [5.41, 5.74) is 2.31. The van der Waals surface area contributed by atoms with Crippen LogP contribution in [0, 0.1) is 19.8 Å².